The lowest BCUT2D eigenvalue weighted by Crippen LogP contribution is -2.49. The molecule has 4 nitrogen and oxygen atoms in total. The van der Waals surface area contributed by atoms with Crippen molar-refractivity contribution in [3.8, 4) is 0 Å². The Morgan fingerprint density at radius 3 is 2.50 bits per heavy atom. The Bertz CT molecular complexity index is 322. The predicted octanol–water partition coefficient (Wildman–Crippen LogP) is 1.46. The number of amides is 1. The molecule has 1 atom stereocenters. The molecule has 4 heteroatoms. The molecule has 114 valence electrons. The molecule has 2 aliphatic heterocycles. The summed E-state index contributed by atoms with van der Waals surface area (Å²) in [5, 5.41) is 3.40. The van der Waals surface area contributed by atoms with E-state index >= 15 is 0 Å². The largest absolute Gasteiger partial charge is 0.341 e. The van der Waals surface area contributed by atoms with Crippen LogP contribution in [0.4, 0.5) is 0 Å². The van der Waals surface area contributed by atoms with Crippen molar-refractivity contribution >= 4 is 5.91 Å². The van der Waals surface area contributed by atoms with Crippen molar-refractivity contribution in [3.63, 3.8) is 0 Å². The monoisotopic (exact) mass is 279 g/mol. The number of carbonyl (C=O) groups excluding carboxylic acids is 1. The maximum absolute atomic E-state index is 12.4. The van der Waals surface area contributed by atoms with Gasteiger partial charge in [-0.05, 0) is 25.2 Å². The van der Waals surface area contributed by atoms with Gasteiger partial charge < -0.3 is 10.2 Å². The average molecular weight is 279 g/mol. The Balaban J connectivity index is 1.45. The highest BCUT2D eigenvalue weighted by atomic mass is 16.2. The first-order valence-electron chi connectivity index (χ1n) is 8.55. The van der Waals surface area contributed by atoms with Gasteiger partial charge in [0.2, 0.25) is 5.91 Å². The maximum atomic E-state index is 12.4. The molecule has 1 unspecified atom stereocenters. The van der Waals surface area contributed by atoms with E-state index in [1.165, 1.54) is 38.5 Å². The number of piperazine rings is 1. The van der Waals surface area contributed by atoms with E-state index in [9.17, 15) is 4.79 Å². The van der Waals surface area contributed by atoms with Crippen LogP contribution in [0.1, 0.15) is 44.9 Å². The Kier molecular flexibility index (Phi) is 4.94. The van der Waals surface area contributed by atoms with Gasteiger partial charge in [0.25, 0.3) is 0 Å². The second-order valence-corrected chi connectivity index (χ2v) is 6.78. The number of carbonyl (C=O) groups is 1. The minimum Gasteiger partial charge on any atom is -0.341 e. The first-order chi connectivity index (χ1) is 9.83. The highest BCUT2D eigenvalue weighted by Crippen LogP contribution is 2.27. The third-order valence-corrected chi connectivity index (χ3v) is 5.37. The molecule has 0 bridgehead atoms. The highest BCUT2D eigenvalue weighted by Gasteiger charge is 2.31. The summed E-state index contributed by atoms with van der Waals surface area (Å²) in [6.45, 7) is 6.47. The molecule has 1 amide bonds. The second kappa shape index (κ2) is 6.90. The van der Waals surface area contributed by atoms with Crippen LogP contribution in [0.15, 0.2) is 0 Å². The molecule has 3 fully saturated rings. The van der Waals surface area contributed by atoms with E-state index < -0.39 is 0 Å². The predicted molar refractivity (Wildman–Crippen MR) is 80.6 cm³/mol. The van der Waals surface area contributed by atoms with Gasteiger partial charge in [0.15, 0.2) is 0 Å². The van der Waals surface area contributed by atoms with Crippen LogP contribution in [0, 0.1) is 5.92 Å². The Morgan fingerprint density at radius 2 is 1.75 bits per heavy atom. The Hall–Kier alpha value is -0.610. The van der Waals surface area contributed by atoms with Crippen molar-refractivity contribution in [2.75, 3.05) is 39.3 Å². The van der Waals surface area contributed by atoms with Gasteiger partial charge in [-0.1, -0.05) is 19.3 Å². The van der Waals surface area contributed by atoms with E-state index in [0.29, 0.717) is 17.9 Å². The number of hydrogen-bond donors (Lipinski definition) is 1. The van der Waals surface area contributed by atoms with E-state index in [-0.39, 0.29) is 0 Å². The third-order valence-electron chi connectivity index (χ3n) is 5.37. The normalized spacial score (nSPS) is 29.8. The molecule has 2 saturated heterocycles. The number of likely N-dealkylation sites (tertiary alicyclic amines) is 1. The molecule has 3 rings (SSSR count). The van der Waals surface area contributed by atoms with Crippen LogP contribution in [0.25, 0.3) is 0 Å². The minimum atomic E-state index is 0.425. The van der Waals surface area contributed by atoms with Crippen LogP contribution < -0.4 is 5.32 Å². The molecule has 0 aromatic rings. The van der Waals surface area contributed by atoms with Gasteiger partial charge in [0.1, 0.15) is 0 Å². The van der Waals surface area contributed by atoms with Crippen molar-refractivity contribution in [1.29, 1.82) is 0 Å². The van der Waals surface area contributed by atoms with Crippen LogP contribution in [0.5, 0.6) is 0 Å². The Morgan fingerprint density at radius 1 is 1.00 bits per heavy atom. The summed E-state index contributed by atoms with van der Waals surface area (Å²) in [5.74, 6) is 1.10. The van der Waals surface area contributed by atoms with Gasteiger partial charge in [0, 0.05) is 51.7 Å². The van der Waals surface area contributed by atoms with Crippen molar-refractivity contribution in [1.82, 2.24) is 15.1 Å². The summed E-state index contributed by atoms with van der Waals surface area (Å²) in [7, 11) is 0. The summed E-state index contributed by atoms with van der Waals surface area (Å²) in [6, 6.07) is 0.618. The van der Waals surface area contributed by atoms with Crippen LogP contribution in [-0.2, 0) is 4.79 Å². The first kappa shape index (κ1) is 14.3. The molecular weight excluding hydrogens is 250 g/mol. The molecule has 1 saturated carbocycles. The van der Waals surface area contributed by atoms with Crippen molar-refractivity contribution < 1.29 is 4.79 Å². The van der Waals surface area contributed by atoms with Gasteiger partial charge in [-0.3, -0.25) is 9.69 Å². The van der Waals surface area contributed by atoms with Gasteiger partial charge in [-0.2, -0.15) is 0 Å². The number of rotatable bonds is 3. The number of nitrogens with zero attached hydrogens (tertiary/aromatic N) is 2. The summed E-state index contributed by atoms with van der Waals surface area (Å²) < 4.78 is 0. The van der Waals surface area contributed by atoms with E-state index in [4.69, 9.17) is 0 Å². The topological polar surface area (TPSA) is 35.6 Å². The molecule has 20 heavy (non-hydrogen) atoms. The zero-order valence-electron chi connectivity index (χ0n) is 12.6. The molecule has 0 spiro atoms. The van der Waals surface area contributed by atoms with Crippen LogP contribution in [0.2, 0.25) is 0 Å². The third kappa shape index (κ3) is 3.53. The van der Waals surface area contributed by atoms with E-state index in [1.54, 1.807) is 0 Å². The number of nitrogens with one attached hydrogen (secondary N) is 1. The lowest BCUT2D eigenvalue weighted by atomic mass is 9.87. The second-order valence-electron chi connectivity index (χ2n) is 6.78. The standard InChI is InChI=1S/C16H29N3O/c20-16(12-14-4-2-1-3-5-14)19-9-6-15(13-19)18-10-7-17-8-11-18/h14-15,17H,1-13H2. The summed E-state index contributed by atoms with van der Waals surface area (Å²) in [5.41, 5.74) is 0. The fourth-order valence-corrected chi connectivity index (χ4v) is 4.08. The smallest absolute Gasteiger partial charge is 0.222 e. The molecule has 3 aliphatic rings. The molecular formula is C16H29N3O. The lowest BCUT2D eigenvalue weighted by Gasteiger charge is -2.32. The number of hydrogen-bond acceptors (Lipinski definition) is 3. The van der Waals surface area contributed by atoms with Crippen LogP contribution in [0.3, 0.4) is 0 Å². The van der Waals surface area contributed by atoms with E-state index in [1.807, 2.05) is 0 Å². The fourth-order valence-electron chi connectivity index (χ4n) is 4.08. The summed E-state index contributed by atoms with van der Waals surface area (Å²) >= 11 is 0. The van der Waals surface area contributed by atoms with Gasteiger partial charge >= 0.3 is 0 Å². The fraction of sp³-hybridized carbons (Fsp3) is 0.938. The summed E-state index contributed by atoms with van der Waals surface area (Å²) in [4.78, 5) is 17.2. The molecule has 0 aromatic heterocycles. The maximum Gasteiger partial charge on any atom is 0.222 e. The molecule has 1 aliphatic carbocycles. The van der Waals surface area contributed by atoms with Crippen molar-refractivity contribution in [3.05, 3.63) is 0 Å². The quantitative estimate of drug-likeness (QED) is 0.849. The molecule has 1 N–H and O–H groups in total. The molecule has 0 radical (unpaired) electrons. The van der Waals surface area contributed by atoms with Crippen LogP contribution >= 0.6 is 0 Å². The minimum absolute atomic E-state index is 0.425. The first-order valence-corrected chi connectivity index (χ1v) is 8.55. The van der Waals surface area contributed by atoms with Gasteiger partial charge in [0.05, 0.1) is 0 Å². The van der Waals surface area contributed by atoms with E-state index in [2.05, 4.69) is 15.1 Å². The average Bonchev–Trinajstić information content (AvgIpc) is 2.99. The zero-order valence-corrected chi connectivity index (χ0v) is 12.6. The van der Waals surface area contributed by atoms with Crippen LogP contribution in [-0.4, -0.2) is 61.0 Å². The highest BCUT2D eigenvalue weighted by molar-refractivity contribution is 5.76. The molecule has 0 aromatic carbocycles. The SMILES string of the molecule is O=C(CC1CCCCC1)N1CCC(N2CCNCC2)C1. The van der Waals surface area contributed by atoms with Crippen molar-refractivity contribution in [2.45, 2.75) is 51.0 Å². The van der Waals surface area contributed by atoms with Crippen molar-refractivity contribution in [2.24, 2.45) is 5.92 Å². The van der Waals surface area contributed by atoms with Gasteiger partial charge in [-0.15, -0.1) is 0 Å². The molecule has 2 heterocycles. The van der Waals surface area contributed by atoms with Gasteiger partial charge in [-0.25, -0.2) is 0 Å². The lowest BCUT2D eigenvalue weighted by molar-refractivity contribution is -0.131. The Labute approximate surface area is 122 Å². The summed E-state index contributed by atoms with van der Waals surface area (Å²) in [6.07, 6.45) is 8.59. The zero-order chi connectivity index (χ0) is 13.8. The van der Waals surface area contributed by atoms with E-state index in [0.717, 1.165) is 45.7 Å².